The van der Waals surface area contributed by atoms with E-state index in [9.17, 15) is 0 Å². The first-order valence-electron chi connectivity index (χ1n) is 17.9. The Morgan fingerprint density at radius 1 is 0.682 bits per heavy atom. The van der Waals surface area contributed by atoms with Gasteiger partial charge in [0.2, 0.25) is 0 Å². The minimum absolute atomic E-state index is 0. The van der Waals surface area contributed by atoms with Crippen molar-refractivity contribution in [2.24, 2.45) is 5.41 Å². The van der Waals surface area contributed by atoms with E-state index in [1.165, 1.54) is 18.3 Å². The second kappa shape index (κ2) is 15.0. The molecule has 0 saturated heterocycles. The summed E-state index contributed by atoms with van der Waals surface area (Å²) in [7, 11) is 0. The van der Waals surface area contributed by atoms with E-state index in [4.69, 9.17) is 11.0 Å². The standard InChI is InChI=1S/C21H21N2.C19H16N.Ir/c1-21(2,3)13-16-9-11-20(22-14-16)18-10-12-19(23-15-18)17-7-5-4-6-8-17;1-14-8-11-19(20-13-14)17-10-9-15(2)18(12-17)16-6-4-3-5-7-16;/h4-7,9-12,14-15H,13H2,1-3H3;3-9,11-13H,1-2H3;/q2*-1;/i13D2;1D3,2D3;. The summed E-state index contributed by atoms with van der Waals surface area (Å²) in [5.41, 5.74) is 6.48. The van der Waals surface area contributed by atoms with Gasteiger partial charge in [0, 0.05) is 55.2 Å². The van der Waals surface area contributed by atoms with Gasteiger partial charge in [-0.1, -0.05) is 93.9 Å². The van der Waals surface area contributed by atoms with Crippen LogP contribution in [0.2, 0.25) is 0 Å². The number of nitrogens with zero attached hydrogens (tertiary/aromatic N) is 3. The van der Waals surface area contributed by atoms with E-state index in [0.29, 0.717) is 22.4 Å². The summed E-state index contributed by atoms with van der Waals surface area (Å²) in [6.45, 7) is 1.20. The van der Waals surface area contributed by atoms with Crippen LogP contribution in [0, 0.1) is 31.3 Å². The summed E-state index contributed by atoms with van der Waals surface area (Å²) < 4.78 is 62.2. The predicted molar refractivity (Wildman–Crippen MR) is 178 cm³/mol. The van der Waals surface area contributed by atoms with Gasteiger partial charge in [0.25, 0.3) is 0 Å². The van der Waals surface area contributed by atoms with E-state index in [1.807, 2.05) is 99.6 Å². The summed E-state index contributed by atoms with van der Waals surface area (Å²) in [6, 6.07) is 37.0. The molecule has 3 nitrogen and oxygen atoms in total. The third-order valence-electron chi connectivity index (χ3n) is 6.40. The van der Waals surface area contributed by atoms with Gasteiger partial charge in [-0.2, -0.15) is 0 Å². The van der Waals surface area contributed by atoms with Gasteiger partial charge in [0.15, 0.2) is 0 Å². The number of rotatable bonds is 5. The van der Waals surface area contributed by atoms with Gasteiger partial charge in [-0.3, -0.25) is 4.98 Å². The minimum atomic E-state index is -2.27. The summed E-state index contributed by atoms with van der Waals surface area (Å²) in [6.07, 6.45) is 3.29. The fourth-order valence-electron chi connectivity index (χ4n) is 4.38. The minimum Gasteiger partial charge on any atom is -0.304 e. The second-order valence-electron chi connectivity index (χ2n) is 11.0. The van der Waals surface area contributed by atoms with E-state index in [-0.39, 0.29) is 31.2 Å². The van der Waals surface area contributed by atoms with E-state index >= 15 is 0 Å². The van der Waals surface area contributed by atoms with E-state index < -0.39 is 25.5 Å². The Kier molecular flexibility index (Phi) is 7.89. The Morgan fingerprint density at radius 3 is 2.02 bits per heavy atom. The third-order valence-corrected chi connectivity index (χ3v) is 6.40. The van der Waals surface area contributed by atoms with Crippen molar-refractivity contribution in [1.29, 1.82) is 0 Å². The molecule has 0 atom stereocenters. The van der Waals surface area contributed by atoms with Crippen molar-refractivity contribution in [3.63, 3.8) is 0 Å². The van der Waals surface area contributed by atoms with Crippen molar-refractivity contribution in [1.82, 2.24) is 15.0 Å². The topological polar surface area (TPSA) is 38.7 Å². The maximum atomic E-state index is 8.33. The molecule has 6 aromatic rings. The molecule has 4 heteroatoms. The van der Waals surface area contributed by atoms with Gasteiger partial charge < -0.3 is 9.97 Å². The number of hydrogen-bond acceptors (Lipinski definition) is 3. The van der Waals surface area contributed by atoms with Crippen LogP contribution in [0.3, 0.4) is 0 Å². The molecule has 1 radical (unpaired) electrons. The van der Waals surface area contributed by atoms with E-state index in [2.05, 4.69) is 27.1 Å². The molecule has 0 saturated carbocycles. The van der Waals surface area contributed by atoms with Crippen LogP contribution in [0.4, 0.5) is 0 Å². The van der Waals surface area contributed by atoms with Crippen LogP contribution >= 0.6 is 0 Å². The zero-order valence-electron chi connectivity index (χ0n) is 32.7. The first-order chi connectivity index (χ1) is 23.9. The SMILES string of the molecule is [2H]C([2H])([2H])c1ccc(-c2[c-]cc(C([2H])([2H])[2H])c(-c3ccccc3)c2)nc1.[2H]C([2H])(c1ccc(-c2ccc(-c3[c-]cccc3)nc2)nc1)C(C)(C)C.[Ir]. The molecule has 0 aliphatic carbocycles. The van der Waals surface area contributed by atoms with E-state index in [0.717, 1.165) is 28.1 Å². The van der Waals surface area contributed by atoms with Crippen molar-refractivity contribution < 1.29 is 31.1 Å². The van der Waals surface area contributed by atoms with Crippen LogP contribution in [0.15, 0.2) is 122 Å². The number of aromatic nitrogens is 3. The molecule has 0 aliphatic heterocycles. The van der Waals surface area contributed by atoms with Crippen molar-refractivity contribution in [2.45, 2.75) is 40.8 Å². The molecule has 3 heterocycles. The molecule has 0 fully saturated rings. The Balaban J connectivity index is 0.000000228. The van der Waals surface area contributed by atoms with Crippen molar-refractivity contribution in [3.05, 3.63) is 151 Å². The van der Waals surface area contributed by atoms with Crippen LogP contribution < -0.4 is 0 Å². The number of benzene rings is 3. The normalized spacial score (nSPS) is 14.3. The predicted octanol–water partition coefficient (Wildman–Crippen LogP) is 10.0. The molecule has 0 bridgehead atoms. The van der Waals surface area contributed by atoms with Crippen molar-refractivity contribution >= 4 is 0 Å². The second-order valence-corrected chi connectivity index (χ2v) is 11.0. The average molecular weight is 760 g/mol. The summed E-state index contributed by atoms with van der Waals surface area (Å²) in [5.74, 6) is 0. The van der Waals surface area contributed by atoms with Crippen LogP contribution in [-0.4, -0.2) is 15.0 Å². The third kappa shape index (κ3) is 8.89. The van der Waals surface area contributed by atoms with Gasteiger partial charge in [-0.05, 0) is 52.8 Å². The average Bonchev–Trinajstić information content (AvgIpc) is 3.11. The van der Waals surface area contributed by atoms with Gasteiger partial charge in [0.05, 0.1) is 5.69 Å². The Morgan fingerprint density at radius 2 is 1.41 bits per heavy atom. The molecule has 0 aliphatic rings. The number of pyridine rings is 3. The summed E-state index contributed by atoms with van der Waals surface area (Å²) in [5, 5.41) is 0. The maximum absolute atomic E-state index is 8.33. The molecule has 44 heavy (non-hydrogen) atoms. The smallest absolute Gasteiger partial charge is 0.0716 e. The summed E-state index contributed by atoms with van der Waals surface area (Å²) in [4.78, 5) is 13.1. The van der Waals surface area contributed by atoms with Crippen LogP contribution in [0.25, 0.3) is 44.9 Å². The molecule has 0 N–H and O–H groups in total. The molecule has 0 amide bonds. The van der Waals surface area contributed by atoms with Gasteiger partial charge >= 0.3 is 0 Å². The molecule has 223 valence electrons. The maximum Gasteiger partial charge on any atom is 0.0716 e. The molecule has 0 unspecified atom stereocenters. The Labute approximate surface area is 287 Å². The Hall–Kier alpha value is -4.24. The molecule has 0 spiro atoms. The first kappa shape index (κ1) is 23.2. The largest absolute Gasteiger partial charge is 0.304 e. The number of aryl methyl sites for hydroxylation is 2. The molecular weight excluding hydrogens is 715 g/mol. The zero-order valence-corrected chi connectivity index (χ0v) is 27.1. The van der Waals surface area contributed by atoms with Gasteiger partial charge in [0.1, 0.15) is 0 Å². The van der Waals surface area contributed by atoms with Crippen molar-refractivity contribution in [3.8, 4) is 44.9 Å². The molecule has 6 rings (SSSR count). The van der Waals surface area contributed by atoms with Crippen LogP contribution in [0.5, 0.6) is 0 Å². The summed E-state index contributed by atoms with van der Waals surface area (Å²) >= 11 is 0. The fourth-order valence-corrected chi connectivity index (χ4v) is 4.38. The monoisotopic (exact) mass is 760 g/mol. The molecule has 3 aromatic heterocycles. The molecular formula is C40H37IrN3-2. The van der Waals surface area contributed by atoms with Gasteiger partial charge in [-0.15, -0.1) is 65.2 Å². The molecule has 3 aromatic carbocycles. The Bertz CT molecular complexity index is 2040. The van der Waals surface area contributed by atoms with Crippen LogP contribution in [0.1, 0.15) is 48.4 Å². The quantitative estimate of drug-likeness (QED) is 0.164. The van der Waals surface area contributed by atoms with Gasteiger partial charge in [-0.25, -0.2) is 0 Å². The van der Waals surface area contributed by atoms with E-state index in [1.54, 1.807) is 24.5 Å². The fraction of sp³-hybridized carbons (Fsp3) is 0.175. The zero-order chi connectivity index (χ0) is 37.0. The number of hydrogen-bond donors (Lipinski definition) is 0. The first-order valence-corrected chi connectivity index (χ1v) is 13.9. The van der Waals surface area contributed by atoms with Crippen LogP contribution in [-0.2, 0) is 26.5 Å². The van der Waals surface area contributed by atoms with Crippen molar-refractivity contribution in [2.75, 3.05) is 0 Å².